The fourth-order valence-corrected chi connectivity index (χ4v) is 1.70. The van der Waals surface area contributed by atoms with Crippen LogP contribution in [0.4, 0.5) is 0 Å². The van der Waals surface area contributed by atoms with Crippen molar-refractivity contribution >= 4 is 17.3 Å². The van der Waals surface area contributed by atoms with Crippen LogP contribution in [0.15, 0.2) is 5.38 Å². The number of likely N-dealkylation sites (N-methyl/N-ethyl adjacent to an activating group) is 1. The summed E-state index contributed by atoms with van der Waals surface area (Å²) in [5.41, 5.74) is 0.374. The van der Waals surface area contributed by atoms with Crippen LogP contribution in [0.3, 0.4) is 0 Å². The van der Waals surface area contributed by atoms with Gasteiger partial charge in [0.15, 0.2) is 0 Å². The molecule has 0 atom stereocenters. The molecule has 0 aromatic carbocycles. The first-order chi connectivity index (χ1) is 7.36. The number of hydrogen-bond donors (Lipinski definition) is 2. The van der Waals surface area contributed by atoms with Crippen molar-refractivity contribution in [1.29, 1.82) is 0 Å². The van der Waals surface area contributed by atoms with Crippen LogP contribution in [0.1, 0.15) is 29.3 Å². The van der Waals surface area contributed by atoms with Crippen LogP contribution in [-0.4, -0.2) is 45.3 Å². The second-order valence-electron chi connectivity index (χ2n) is 4.28. The molecule has 16 heavy (non-hydrogen) atoms. The van der Waals surface area contributed by atoms with Gasteiger partial charge in [0, 0.05) is 17.5 Å². The van der Waals surface area contributed by atoms with E-state index in [-0.39, 0.29) is 17.2 Å². The van der Waals surface area contributed by atoms with E-state index in [1.165, 1.54) is 0 Å². The standard InChI is InChI=1S/C10H16N2O3S/c1-10(2,6-13)12(3)4-7-5-16-8(11-7)9(14)15/h5,13H,4,6H2,1-3H3,(H,14,15). The van der Waals surface area contributed by atoms with Crippen LogP contribution >= 0.6 is 11.3 Å². The molecule has 0 fully saturated rings. The van der Waals surface area contributed by atoms with E-state index in [1.807, 2.05) is 25.8 Å². The second kappa shape index (κ2) is 4.90. The largest absolute Gasteiger partial charge is 0.476 e. The van der Waals surface area contributed by atoms with Crippen LogP contribution in [0.2, 0.25) is 0 Å². The Hall–Kier alpha value is -0.980. The highest BCUT2D eigenvalue weighted by atomic mass is 32.1. The molecule has 5 nitrogen and oxygen atoms in total. The van der Waals surface area contributed by atoms with Crippen molar-refractivity contribution < 1.29 is 15.0 Å². The lowest BCUT2D eigenvalue weighted by atomic mass is 10.1. The van der Waals surface area contributed by atoms with E-state index in [2.05, 4.69) is 4.98 Å². The second-order valence-corrected chi connectivity index (χ2v) is 5.13. The average molecular weight is 244 g/mol. The molecule has 1 aromatic heterocycles. The van der Waals surface area contributed by atoms with E-state index in [1.54, 1.807) is 5.38 Å². The summed E-state index contributed by atoms with van der Waals surface area (Å²) in [5, 5.41) is 19.7. The zero-order valence-electron chi connectivity index (χ0n) is 9.60. The number of thiazole rings is 1. The third-order valence-corrected chi connectivity index (χ3v) is 3.43. The summed E-state index contributed by atoms with van der Waals surface area (Å²) in [7, 11) is 1.87. The predicted molar refractivity (Wildman–Crippen MR) is 61.7 cm³/mol. The fourth-order valence-electron chi connectivity index (χ4n) is 1.06. The topological polar surface area (TPSA) is 73.7 Å². The molecule has 0 amide bonds. The van der Waals surface area contributed by atoms with Crippen LogP contribution in [0.5, 0.6) is 0 Å². The lowest BCUT2D eigenvalue weighted by Gasteiger charge is -2.33. The summed E-state index contributed by atoms with van der Waals surface area (Å²) in [6, 6.07) is 0. The normalized spacial score (nSPS) is 12.1. The van der Waals surface area contributed by atoms with Gasteiger partial charge < -0.3 is 10.2 Å². The highest BCUT2D eigenvalue weighted by molar-refractivity contribution is 7.11. The minimum atomic E-state index is -1.000. The van der Waals surface area contributed by atoms with Gasteiger partial charge >= 0.3 is 5.97 Å². The molecule has 0 bridgehead atoms. The molecule has 0 aliphatic rings. The number of carbonyl (C=O) groups is 1. The van der Waals surface area contributed by atoms with Crippen molar-refractivity contribution in [2.45, 2.75) is 25.9 Å². The maximum atomic E-state index is 10.6. The number of aliphatic hydroxyl groups excluding tert-OH is 1. The highest BCUT2D eigenvalue weighted by Gasteiger charge is 2.23. The first-order valence-electron chi connectivity index (χ1n) is 4.86. The van der Waals surface area contributed by atoms with Crippen molar-refractivity contribution in [2.24, 2.45) is 0 Å². The average Bonchev–Trinajstić information content (AvgIpc) is 2.66. The minimum absolute atomic E-state index is 0.0411. The molecule has 0 saturated heterocycles. The number of aromatic nitrogens is 1. The van der Waals surface area contributed by atoms with E-state index in [0.29, 0.717) is 12.2 Å². The molecular weight excluding hydrogens is 228 g/mol. The molecule has 6 heteroatoms. The first kappa shape index (κ1) is 13.1. The number of aromatic carboxylic acids is 1. The number of nitrogens with zero attached hydrogens (tertiary/aromatic N) is 2. The minimum Gasteiger partial charge on any atom is -0.476 e. The van der Waals surface area contributed by atoms with E-state index < -0.39 is 5.97 Å². The smallest absolute Gasteiger partial charge is 0.365 e. The Morgan fingerprint density at radius 3 is 2.69 bits per heavy atom. The molecule has 90 valence electrons. The molecule has 0 unspecified atom stereocenters. The van der Waals surface area contributed by atoms with Crippen LogP contribution in [0, 0.1) is 0 Å². The monoisotopic (exact) mass is 244 g/mol. The van der Waals surface area contributed by atoms with Gasteiger partial charge in [-0.3, -0.25) is 4.90 Å². The lowest BCUT2D eigenvalue weighted by molar-refractivity contribution is 0.0688. The van der Waals surface area contributed by atoms with Crippen molar-refractivity contribution in [2.75, 3.05) is 13.7 Å². The van der Waals surface area contributed by atoms with Crippen molar-refractivity contribution in [1.82, 2.24) is 9.88 Å². The van der Waals surface area contributed by atoms with Gasteiger partial charge in [-0.15, -0.1) is 11.3 Å². The predicted octanol–water partition coefficient (Wildman–Crippen LogP) is 1.04. The van der Waals surface area contributed by atoms with Crippen LogP contribution < -0.4 is 0 Å². The summed E-state index contributed by atoms with van der Waals surface area (Å²) < 4.78 is 0. The maximum Gasteiger partial charge on any atom is 0.365 e. The van der Waals surface area contributed by atoms with Gasteiger partial charge in [0.2, 0.25) is 5.01 Å². The van der Waals surface area contributed by atoms with E-state index in [0.717, 1.165) is 11.3 Å². The summed E-state index contributed by atoms with van der Waals surface area (Å²) in [6.07, 6.45) is 0. The van der Waals surface area contributed by atoms with Gasteiger partial charge in [0.1, 0.15) is 0 Å². The number of carboxylic acids is 1. The molecular formula is C10H16N2O3S. The molecule has 1 rings (SSSR count). The Labute approximate surface area is 98.4 Å². The van der Waals surface area contributed by atoms with Crippen LogP contribution in [-0.2, 0) is 6.54 Å². The summed E-state index contributed by atoms with van der Waals surface area (Å²) in [5.74, 6) is -1.000. The summed E-state index contributed by atoms with van der Waals surface area (Å²) in [4.78, 5) is 16.6. The quantitative estimate of drug-likeness (QED) is 0.809. The van der Waals surface area contributed by atoms with E-state index in [4.69, 9.17) is 5.11 Å². The van der Waals surface area contributed by atoms with Crippen molar-refractivity contribution in [3.8, 4) is 0 Å². The zero-order valence-corrected chi connectivity index (χ0v) is 10.4. The SMILES string of the molecule is CN(Cc1csc(C(=O)O)n1)C(C)(C)CO. The fraction of sp³-hybridized carbons (Fsp3) is 0.600. The third kappa shape index (κ3) is 3.01. The number of carboxylic acid groups (broad SMARTS) is 1. The highest BCUT2D eigenvalue weighted by Crippen LogP contribution is 2.17. The molecule has 0 aliphatic carbocycles. The molecule has 0 radical (unpaired) electrons. The first-order valence-corrected chi connectivity index (χ1v) is 5.74. The van der Waals surface area contributed by atoms with E-state index >= 15 is 0 Å². The Kier molecular flexibility index (Phi) is 4.01. The summed E-state index contributed by atoms with van der Waals surface area (Å²) >= 11 is 1.12. The molecule has 2 N–H and O–H groups in total. The molecule has 1 heterocycles. The molecule has 0 spiro atoms. The lowest BCUT2D eigenvalue weighted by Crippen LogP contribution is -2.43. The molecule has 0 saturated carbocycles. The number of rotatable bonds is 5. The Balaban J connectivity index is 2.70. The molecule has 0 aliphatic heterocycles. The number of hydrogen-bond acceptors (Lipinski definition) is 5. The van der Waals surface area contributed by atoms with Gasteiger partial charge in [-0.2, -0.15) is 0 Å². The maximum absolute atomic E-state index is 10.6. The zero-order chi connectivity index (χ0) is 12.3. The molecule has 1 aromatic rings. The van der Waals surface area contributed by atoms with E-state index in [9.17, 15) is 9.90 Å². The van der Waals surface area contributed by atoms with Gasteiger partial charge in [0.05, 0.1) is 12.3 Å². The number of aliphatic hydroxyl groups is 1. The van der Waals surface area contributed by atoms with Gasteiger partial charge in [-0.05, 0) is 20.9 Å². The van der Waals surface area contributed by atoms with Crippen molar-refractivity contribution in [3.63, 3.8) is 0 Å². The van der Waals surface area contributed by atoms with Gasteiger partial charge in [0.25, 0.3) is 0 Å². The Bertz CT molecular complexity index is 376. The third-order valence-electron chi connectivity index (χ3n) is 2.55. The summed E-state index contributed by atoms with van der Waals surface area (Å²) in [6.45, 7) is 4.39. The van der Waals surface area contributed by atoms with Gasteiger partial charge in [-0.25, -0.2) is 9.78 Å². The van der Waals surface area contributed by atoms with Crippen LogP contribution in [0.25, 0.3) is 0 Å². The van der Waals surface area contributed by atoms with Gasteiger partial charge in [-0.1, -0.05) is 0 Å². The Morgan fingerprint density at radius 1 is 1.62 bits per heavy atom. The van der Waals surface area contributed by atoms with Crippen molar-refractivity contribution in [3.05, 3.63) is 16.1 Å². The Morgan fingerprint density at radius 2 is 2.25 bits per heavy atom.